The van der Waals surface area contributed by atoms with E-state index in [-0.39, 0.29) is 0 Å². The summed E-state index contributed by atoms with van der Waals surface area (Å²) in [6.07, 6.45) is 1.61. The van der Waals surface area contributed by atoms with Crippen molar-refractivity contribution in [2.24, 2.45) is 0 Å². The molecule has 0 aromatic carbocycles. The van der Waals surface area contributed by atoms with Gasteiger partial charge in [0, 0.05) is 13.1 Å². The summed E-state index contributed by atoms with van der Waals surface area (Å²) in [4.78, 5) is 2.45. The van der Waals surface area contributed by atoms with E-state index in [4.69, 9.17) is 4.74 Å². The summed E-state index contributed by atoms with van der Waals surface area (Å²) in [7, 11) is 0. The third-order valence-corrected chi connectivity index (χ3v) is 2.27. The molecule has 0 radical (unpaired) electrons. The Morgan fingerprint density at radius 3 is 3.09 bits per heavy atom. The molecule has 0 bridgehead atoms. The molecule has 1 atom stereocenters. The normalized spacial score (nSPS) is 27.3. The van der Waals surface area contributed by atoms with Gasteiger partial charge in [0.25, 0.3) is 0 Å². The Bertz CT molecular complexity index is 110. The lowest BCUT2D eigenvalue weighted by Crippen LogP contribution is -2.41. The minimum atomic E-state index is 0.420. The highest BCUT2D eigenvalue weighted by atomic mass is 32.1. The van der Waals surface area contributed by atoms with Crippen LogP contribution in [0.1, 0.15) is 13.3 Å². The van der Waals surface area contributed by atoms with Crippen molar-refractivity contribution in [1.29, 1.82) is 0 Å². The largest absolute Gasteiger partial charge is 0.376 e. The molecular formula is C8H17NOS. The fourth-order valence-electron chi connectivity index (χ4n) is 1.39. The third-order valence-electron chi connectivity index (χ3n) is 1.96. The Labute approximate surface area is 74.3 Å². The first-order chi connectivity index (χ1) is 5.33. The van der Waals surface area contributed by atoms with E-state index in [1.165, 1.54) is 13.0 Å². The van der Waals surface area contributed by atoms with Gasteiger partial charge in [-0.1, -0.05) is 0 Å². The molecule has 1 fully saturated rings. The second-order valence-electron chi connectivity index (χ2n) is 3.06. The van der Waals surface area contributed by atoms with Crippen LogP contribution in [0.4, 0.5) is 0 Å². The van der Waals surface area contributed by atoms with Gasteiger partial charge in [-0.3, -0.25) is 4.90 Å². The van der Waals surface area contributed by atoms with Crippen LogP contribution < -0.4 is 0 Å². The number of hydrogen-bond donors (Lipinski definition) is 1. The van der Waals surface area contributed by atoms with Crippen molar-refractivity contribution >= 4 is 12.6 Å². The van der Waals surface area contributed by atoms with Crippen molar-refractivity contribution in [2.45, 2.75) is 19.4 Å². The van der Waals surface area contributed by atoms with Crippen LogP contribution in [0.15, 0.2) is 0 Å². The molecule has 66 valence electrons. The van der Waals surface area contributed by atoms with Crippen LogP contribution in [0.5, 0.6) is 0 Å². The first-order valence-corrected chi connectivity index (χ1v) is 4.91. The maximum absolute atomic E-state index is 5.43. The molecule has 0 amide bonds. The molecule has 11 heavy (non-hydrogen) atoms. The van der Waals surface area contributed by atoms with Gasteiger partial charge in [-0.25, -0.2) is 0 Å². The summed E-state index contributed by atoms with van der Waals surface area (Å²) in [5.74, 6) is 0.992. The number of thiol groups is 1. The van der Waals surface area contributed by atoms with Crippen molar-refractivity contribution in [2.75, 3.05) is 32.0 Å². The predicted octanol–water partition coefficient (Wildman–Crippen LogP) is 1.03. The first-order valence-electron chi connectivity index (χ1n) is 4.27. The van der Waals surface area contributed by atoms with Gasteiger partial charge >= 0.3 is 0 Å². The van der Waals surface area contributed by atoms with Gasteiger partial charge in [0.2, 0.25) is 0 Å². The average Bonchev–Trinajstić information content (AvgIpc) is 2.01. The van der Waals surface area contributed by atoms with Crippen LogP contribution in [0.3, 0.4) is 0 Å². The monoisotopic (exact) mass is 175 g/mol. The molecule has 0 aliphatic carbocycles. The van der Waals surface area contributed by atoms with Gasteiger partial charge in [-0.2, -0.15) is 12.6 Å². The van der Waals surface area contributed by atoms with E-state index in [0.29, 0.717) is 6.10 Å². The Kier molecular flexibility index (Phi) is 4.26. The molecule has 0 N–H and O–H groups in total. The van der Waals surface area contributed by atoms with Gasteiger partial charge in [0.15, 0.2) is 0 Å². The summed E-state index contributed by atoms with van der Waals surface area (Å²) in [6, 6.07) is 0. The number of hydrogen-bond acceptors (Lipinski definition) is 3. The molecule has 0 aromatic rings. The quantitative estimate of drug-likeness (QED) is 0.643. The van der Waals surface area contributed by atoms with Crippen LogP contribution in [0, 0.1) is 0 Å². The predicted molar refractivity (Wildman–Crippen MR) is 50.3 cm³/mol. The Morgan fingerprint density at radius 2 is 2.45 bits per heavy atom. The highest BCUT2D eigenvalue weighted by Crippen LogP contribution is 2.04. The molecule has 0 aromatic heterocycles. The van der Waals surface area contributed by atoms with Gasteiger partial charge in [-0.15, -0.1) is 0 Å². The summed E-state index contributed by atoms with van der Waals surface area (Å²) in [6.45, 7) is 6.39. The Hall–Kier alpha value is 0.270. The molecule has 2 nitrogen and oxygen atoms in total. The summed E-state index contributed by atoms with van der Waals surface area (Å²) >= 11 is 4.18. The molecular weight excluding hydrogens is 158 g/mol. The van der Waals surface area contributed by atoms with Gasteiger partial charge in [0.1, 0.15) is 0 Å². The lowest BCUT2D eigenvalue weighted by atomic mass is 10.3. The van der Waals surface area contributed by atoms with Gasteiger partial charge in [0.05, 0.1) is 12.7 Å². The molecule has 1 unspecified atom stereocenters. The van der Waals surface area contributed by atoms with Crippen molar-refractivity contribution in [1.82, 2.24) is 4.90 Å². The van der Waals surface area contributed by atoms with Crippen molar-refractivity contribution in [3.05, 3.63) is 0 Å². The van der Waals surface area contributed by atoms with E-state index in [2.05, 4.69) is 24.5 Å². The zero-order chi connectivity index (χ0) is 8.10. The highest BCUT2D eigenvalue weighted by molar-refractivity contribution is 7.80. The SMILES string of the molecule is CC1CN(CCCS)CCO1. The van der Waals surface area contributed by atoms with E-state index in [9.17, 15) is 0 Å². The van der Waals surface area contributed by atoms with E-state index in [1.807, 2.05) is 0 Å². The standard InChI is InChI=1S/C8H17NOS/c1-8-7-9(3-2-6-11)4-5-10-8/h8,11H,2-7H2,1H3. The maximum Gasteiger partial charge on any atom is 0.0674 e. The zero-order valence-electron chi connectivity index (χ0n) is 7.12. The van der Waals surface area contributed by atoms with E-state index >= 15 is 0 Å². The number of rotatable bonds is 3. The van der Waals surface area contributed by atoms with Crippen LogP contribution in [-0.4, -0.2) is 43.0 Å². The average molecular weight is 175 g/mol. The topological polar surface area (TPSA) is 12.5 Å². The van der Waals surface area contributed by atoms with Crippen LogP contribution in [0.2, 0.25) is 0 Å². The molecule has 1 aliphatic heterocycles. The van der Waals surface area contributed by atoms with Crippen molar-refractivity contribution in [3.8, 4) is 0 Å². The lowest BCUT2D eigenvalue weighted by molar-refractivity contribution is -0.0179. The molecule has 1 aliphatic rings. The highest BCUT2D eigenvalue weighted by Gasteiger charge is 2.15. The van der Waals surface area contributed by atoms with Crippen LogP contribution in [-0.2, 0) is 4.74 Å². The molecule has 0 spiro atoms. The smallest absolute Gasteiger partial charge is 0.0674 e. The third kappa shape index (κ3) is 3.45. The summed E-state index contributed by atoms with van der Waals surface area (Å²) in [5.41, 5.74) is 0. The summed E-state index contributed by atoms with van der Waals surface area (Å²) < 4.78 is 5.43. The van der Waals surface area contributed by atoms with E-state index < -0.39 is 0 Å². The molecule has 1 rings (SSSR count). The fraction of sp³-hybridized carbons (Fsp3) is 1.00. The number of morpholine rings is 1. The van der Waals surface area contributed by atoms with Crippen LogP contribution >= 0.6 is 12.6 Å². The van der Waals surface area contributed by atoms with Gasteiger partial charge < -0.3 is 4.74 Å². The zero-order valence-corrected chi connectivity index (χ0v) is 8.02. The second-order valence-corrected chi connectivity index (χ2v) is 3.51. The lowest BCUT2D eigenvalue weighted by Gasteiger charge is -2.30. The minimum Gasteiger partial charge on any atom is -0.376 e. The Morgan fingerprint density at radius 1 is 1.64 bits per heavy atom. The second kappa shape index (κ2) is 5.01. The van der Waals surface area contributed by atoms with Crippen LogP contribution in [0.25, 0.3) is 0 Å². The molecule has 1 heterocycles. The van der Waals surface area contributed by atoms with Gasteiger partial charge in [-0.05, 0) is 25.6 Å². The maximum atomic E-state index is 5.43. The molecule has 0 saturated carbocycles. The first kappa shape index (κ1) is 9.36. The summed E-state index contributed by atoms with van der Waals surface area (Å²) in [5, 5.41) is 0. The molecule has 3 heteroatoms. The molecule has 1 saturated heterocycles. The van der Waals surface area contributed by atoms with Crippen molar-refractivity contribution in [3.63, 3.8) is 0 Å². The minimum absolute atomic E-state index is 0.420. The van der Waals surface area contributed by atoms with Crippen molar-refractivity contribution < 1.29 is 4.74 Å². The fourth-order valence-corrected chi connectivity index (χ4v) is 1.53. The Balaban J connectivity index is 2.12. The number of nitrogens with zero attached hydrogens (tertiary/aromatic N) is 1. The van der Waals surface area contributed by atoms with E-state index in [0.717, 1.165) is 25.4 Å². The van der Waals surface area contributed by atoms with E-state index in [1.54, 1.807) is 0 Å². The number of ether oxygens (including phenoxy) is 1.